The summed E-state index contributed by atoms with van der Waals surface area (Å²) in [6, 6.07) is 9.24. The van der Waals surface area contributed by atoms with Gasteiger partial charge in [-0.2, -0.15) is 0 Å². The van der Waals surface area contributed by atoms with Gasteiger partial charge in [-0.05, 0) is 31.6 Å². The third-order valence-corrected chi connectivity index (χ3v) is 2.25. The number of anilines is 1. The highest BCUT2D eigenvalue weighted by Crippen LogP contribution is 2.08. The number of benzene rings is 1. The van der Waals surface area contributed by atoms with E-state index in [1.807, 2.05) is 37.3 Å². The highest BCUT2D eigenvalue weighted by Gasteiger charge is 2.06. The van der Waals surface area contributed by atoms with Crippen LogP contribution in [0.3, 0.4) is 0 Å². The van der Waals surface area contributed by atoms with Gasteiger partial charge in [0, 0.05) is 11.3 Å². The number of carbonyl (C=O) groups is 1. The Hall–Kier alpha value is -1.61. The molecule has 0 aliphatic carbocycles. The number of rotatable bonds is 4. The van der Waals surface area contributed by atoms with E-state index in [2.05, 4.69) is 5.32 Å². The number of aliphatic hydroxyl groups is 1. The van der Waals surface area contributed by atoms with Gasteiger partial charge >= 0.3 is 0 Å². The Bertz CT molecular complexity index is 371. The van der Waals surface area contributed by atoms with Crippen LogP contribution in [-0.2, 0) is 4.79 Å². The van der Waals surface area contributed by atoms with Crippen molar-refractivity contribution >= 4 is 11.6 Å². The standard InChI is InChI=1S/C13H17NO2/c1-3-12(15)9-10(2)13(16)14-11-7-5-4-6-8-11/h4-9,12,15H,3H2,1-2H3,(H,14,16)/b10-9-. The molecule has 1 aromatic rings. The van der Waals surface area contributed by atoms with Crippen LogP contribution in [0, 0.1) is 0 Å². The van der Waals surface area contributed by atoms with E-state index in [-0.39, 0.29) is 5.91 Å². The predicted molar refractivity (Wildman–Crippen MR) is 65.1 cm³/mol. The van der Waals surface area contributed by atoms with Crippen LogP contribution in [0.25, 0.3) is 0 Å². The molecule has 0 saturated carbocycles. The first kappa shape index (κ1) is 12.5. The summed E-state index contributed by atoms with van der Waals surface area (Å²) in [5.74, 6) is -0.182. The van der Waals surface area contributed by atoms with E-state index >= 15 is 0 Å². The largest absolute Gasteiger partial charge is 0.389 e. The molecule has 0 fully saturated rings. The average Bonchev–Trinajstić information content (AvgIpc) is 2.30. The molecule has 0 heterocycles. The normalized spacial score (nSPS) is 13.3. The molecule has 0 saturated heterocycles. The van der Waals surface area contributed by atoms with Crippen molar-refractivity contribution in [1.82, 2.24) is 0 Å². The third kappa shape index (κ3) is 3.87. The van der Waals surface area contributed by atoms with E-state index in [1.165, 1.54) is 0 Å². The SMILES string of the molecule is CCC(O)/C=C(/C)C(=O)Nc1ccccc1. The van der Waals surface area contributed by atoms with Crippen molar-refractivity contribution in [1.29, 1.82) is 0 Å². The summed E-state index contributed by atoms with van der Waals surface area (Å²) in [4.78, 5) is 11.7. The lowest BCUT2D eigenvalue weighted by molar-refractivity contribution is -0.112. The number of nitrogens with one attached hydrogen (secondary N) is 1. The van der Waals surface area contributed by atoms with Crippen LogP contribution in [0.1, 0.15) is 20.3 Å². The molecule has 16 heavy (non-hydrogen) atoms. The molecule has 0 aliphatic rings. The molecule has 0 radical (unpaired) electrons. The van der Waals surface area contributed by atoms with Gasteiger partial charge in [0.15, 0.2) is 0 Å². The molecule has 0 aliphatic heterocycles. The Labute approximate surface area is 95.8 Å². The molecular weight excluding hydrogens is 202 g/mol. The second-order valence-electron chi connectivity index (χ2n) is 3.65. The van der Waals surface area contributed by atoms with Crippen molar-refractivity contribution in [2.24, 2.45) is 0 Å². The van der Waals surface area contributed by atoms with Gasteiger partial charge in [0.25, 0.3) is 5.91 Å². The number of amides is 1. The molecule has 3 heteroatoms. The second kappa shape index (κ2) is 6.08. The summed E-state index contributed by atoms with van der Waals surface area (Å²) >= 11 is 0. The molecule has 0 bridgehead atoms. The molecule has 1 aromatic carbocycles. The lowest BCUT2D eigenvalue weighted by Gasteiger charge is -2.07. The first-order chi connectivity index (χ1) is 7.63. The Morgan fingerprint density at radius 2 is 2.06 bits per heavy atom. The zero-order valence-electron chi connectivity index (χ0n) is 9.60. The maximum atomic E-state index is 11.7. The minimum absolute atomic E-state index is 0.182. The van der Waals surface area contributed by atoms with Gasteiger partial charge in [-0.15, -0.1) is 0 Å². The van der Waals surface area contributed by atoms with E-state index in [9.17, 15) is 9.90 Å². The fourth-order valence-electron chi connectivity index (χ4n) is 1.23. The van der Waals surface area contributed by atoms with Gasteiger partial charge in [0.1, 0.15) is 0 Å². The van der Waals surface area contributed by atoms with Crippen molar-refractivity contribution in [3.05, 3.63) is 42.0 Å². The van der Waals surface area contributed by atoms with E-state index in [1.54, 1.807) is 13.0 Å². The monoisotopic (exact) mass is 219 g/mol. The van der Waals surface area contributed by atoms with Gasteiger partial charge < -0.3 is 10.4 Å². The summed E-state index contributed by atoms with van der Waals surface area (Å²) in [5.41, 5.74) is 1.28. The zero-order valence-corrected chi connectivity index (χ0v) is 9.60. The summed E-state index contributed by atoms with van der Waals surface area (Å²) < 4.78 is 0. The van der Waals surface area contributed by atoms with Crippen molar-refractivity contribution in [2.75, 3.05) is 5.32 Å². The lowest BCUT2D eigenvalue weighted by atomic mass is 10.1. The second-order valence-corrected chi connectivity index (χ2v) is 3.65. The number of para-hydroxylation sites is 1. The van der Waals surface area contributed by atoms with Crippen LogP contribution >= 0.6 is 0 Å². The Balaban J connectivity index is 2.63. The Kier molecular flexibility index (Phi) is 4.73. The van der Waals surface area contributed by atoms with Crippen molar-refractivity contribution in [3.63, 3.8) is 0 Å². The fraction of sp³-hybridized carbons (Fsp3) is 0.308. The summed E-state index contributed by atoms with van der Waals surface area (Å²) in [7, 11) is 0. The highest BCUT2D eigenvalue weighted by molar-refractivity contribution is 6.03. The fourth-order valence-corrected chi connectivity index (χ4v) is 1.23. The molecular formula is C13H17NO2. The first-order valence-corrected chi connectivity index (χ1v) is 5.36. The van der Waals surface area contributed by atoms with Gasteiger partial charge in [-0.3, -0.25) is 4.79 Å². The number of hydrogen-bond donors (Lipinski definition) is 2. The number of aliphatic hydroxyl groups excluding tert-OH is 1. The molecule has 1 unspecified atom stereocenters. The predicted octanol–water partition coefficient (Wildman–Crippen LogP) is 2.34. The van der Waals surface area contributed by atoms with E-state index in [0.717, 1.165) is 5.69 Å². The molecule has 86 valence electrons. The van der Waals surface area contributed by atoms with Gasteiger partial charge in [0.2, 0.25) is 0 Å². The minimum atomic E-state index is -0.554. The van der Waals surface area contributed by atoms with Crippen LogP contribution in [0.2, 0.25) is 0 Å². The van der Waals surface area contributed by atoms with Gasteiger partial charge in [-0.25, -0.2) is 0 Å². The number of carbonyl (C=O) groups excluding carboxylic acids is 1. The molecule has 1 atom stereocenters. The smallest absolute Gasteiger partial charge is 0.251 e. The summed E-state index contributed by atoms with van der Waals surface area (Å²) in [6.07, 6.45) is 1.62. The van der Waals surface area contributed by atoms with Crippen LogP contribution < -0.4 is 5.32 Å². The summed E-state index contributed by atoms with van der Waals surface area (Å²) in [6.45, 7) is 3.56. The quantitative estimate of drug-likeness (QED) is 0.764. The maximum absolute atomic E-state index is 11.7. The topological polar surface area (TPSA) is 49.3 Å². The van der Waals surface area contributed by atoms with Gasteiger partial charge in [0.05, 0.1) is 6.10 Å². The summed E-state index contributed by atoms with van der Waals surface area (Å²) in [5, 5.41) is 12.1. The van der Waals surface area contributed by atoms with Gasteiger partial charge in [-0.1, -0.05) is 25.1 Å². The molecule has 1 rings (SSSR count). The van der Waals surface area contributed by atoms with Crippen molar-refractivity contribution < 1.29 is 9.90 Å². The minimum Gasteiger partial charge on any atom is -0.389 e. The van der Waals surface area contributed by atoms with E-state index < -0.39 is 6.10 Å². The van der Waals surface area contributed by atoms with Crippen molar-refractivity contribution in [3.8, 4) is 0 Å². The van der Waals surface area contributed by atoms with Crippen LogP contribution in [0.15, 0.2) is 42.0 Å². The van der Waals surface area contributed by atoms with Crippen LogP contribution in [-0.4, -0.2) is 17.1 Å². The number of hydrogen-bond acceptors (Lipinski definition) is 2. The Morgan fingerprint density at radius 3 is 2.62 bits per heavy atom. The Morgan fingerprint density at radius 1 is 1.44 bits per heavy atom. The van der Waals surface area contributed by atoms with E-state index in [0.29, 0.717) is 12.0 Å². The third-order valence-electron chi connectivity index (χ3n) is 2.25. The van der Waals surface area contributed by atoms with E-state index in [4.69, 9.17) is 0 Å². The molecule has 1 amide bonds. The molecule has 0 spiro atoms. The average molecular weight is 219 g/mol. The first-order valence-electron chi connectivity index (χ1n) is 5.36. The highest BCUT2D eigenvalue weighted by atomic mass is 16.3. The molecule has 2 N–H and O–H groups in total. The molecule has 3 nitrogen and oxygen atoms in total. The maximum Gasteiger partial charge on any atom is 0.251 e. The van der Waals surface area contributed by atoms with Crippen LogP contribution in [0.4, 0.5) is 5.69 Å². The van der Waals surface area contributed by atoms with Crippen molar-refractivity contribution in [2.45, 2.75) is 26.4 Å². The molecule has 0 aromatic heterocycles. The zero-order chi connectivity index (χ0) is 12.0. The lowest BCUT2D eigenvalue weighted by Crippen LogP contribution is -2.14. The van der Waals surface area contributed by atoms with Crippen LogP contribution in [0.5, 0.6) is 0 Å².